The van der Waals surface area contributed by atoms with Gasteiger partial charge in [0.05, 0.1) is 0 Å². The van der Waals surface area contributed by atoms with E-state index in [-0.39, 0.29) is 5.56 Å². The van der Waals surface area contributed by atoms with Crippen molar-refractivity contribution in [1.82, 2.24) is 5.32 Å². The number of carbonyl (C=O) groups excluding carboxylic acids is 1. The minimum Gasteiger partial charge on any atom is -0.479 e. The van der Waals surface area contributed by atoms with Crippen molar-refractivity contribution in [1.29, 1.82) is 0 Å². The van der Waals surface area contributed by atoms with Crippen LogP contribution in [-0.2, 0) is 9.59 Å². The Morgan fingerprint density at radius 2 is 1.94 bits per heavy atom. The summed E-state index contributed by atoms with van der Waals surface area (Å²) < 4.78 is 36.8. The molecule has 8 heteroatoms. The van der Waals surface area contributed by atoms with Gasteiger partial charge in [0.15, 0.2) is 6.04 Å². The molecule has 0 aliphatic heterocycles. The van der Waals surface area contributed by atoms with Crippen molar-refractivity contribution in [3.05, 3.63) is 33.4 Å². The van der Waals surface area contributed by atoms with Crippen molar-refractivity contribution in [2.75, 3.05) is 0 Å². The molecule has 0 aliphatic carbocycles. The molecule has 98 valence electrons. The summed E-state index contributed by atoms with van der Waals surface area (Å²) in [6.07, 6.45) is -5.12. The van der Waals surface area contributed by atoms with E-state index in [0.717, 1.165) is 0 Å². The van der Waals surface area contributed by atoms with Gasteiger partial charge < -0.3 is 10.4 Å². The van der Waals surface area contributed by atoms with E-state index in [1.165, 1.54) is 23.5 Å². The lowest BCUT2D eigenvalue weighted by atomic mass is 10.1. The summed E-state index contributed by atoms with van der Waals surface area (Å²) in [5.74, 6) is -3.84. The number of aliphatic carboxylic acids is 1. The van der Waals surface area contributed by atoms with Gasteiger partial charge in [0.2, 0.25) is 0 Å². The number of halogens is 4. The Hall–Kier alpha value is -1.32. The fourth-order valence-corrected chi connectivity index (χ4v) is 1.75. The number of benzene rings is 1. The van der Waals surface area contributed by atoms with Crippen LogP contribution < -0.4 is 5.32 Å². The molecule has 1 atom stereocenters. The monoisotopic (exact) mass is 373 g/mol. The van der Waals surface area contributed by atoms with Gasteiger partial charge in [-0.25, -0.2) is 4.79 Å². The molecule has 1 rings (SSSR count). The van der Waals surface area contributed by atoms with Crippen molar-refractivity contribution in [3.8, 4) is 0 Å². The maximum absolute atomic E-state index is 12.1. The van der Waals surface area contributed by atoms with E-state index in [4.69, 9.17) is 5.11 Å². The lowest BCUT2D eigenvalue weighted by Gasteiger charge is -2.16. The second-order valence-electron chi connectivity index (χ2n) is 3.30. The van der Waals surface area contributed by atoms with Gasteiger partial charge in [-0.15, -0.1) is 0 Å². The topological polar surface area (TPSA) is 66.4 Å². The van der Waals surface area contributed by atoms with E-state index in [0.29, 0.717) is 3.57 Å². The van der Waals surface area contributed by atoms with Gasteiger partial charge in [0.1, 0.15) is 0 Å². The van der Waals surface area contributed by atoms with Crippen LogP contribution in [0.3, 0.4) is 0 Å². The molecule has 0 aliphatic rings. The highest BCUT2D eigenvalue weighted by Crippen LogP contribution is 2.20. The third-order valence-electron chi connectivity index (χ3n) is 1.96. The third kappa shape index (κ3) is 3.86. The zero-order chi connectivity index (χ0) is 13.9. The Morgan fingerprint density at radius 3 is 2.39 bits per heavy atom. The van der Waals surface area contributed by atoms with E-state index in [2.05, 4.69) is 0 Å². The van der Waals surface area contributed by atoms with Gasteiger partial charge in [-0.3, -0.25) is 4.79 Å². The highest BCUT2D eigenvalue weighted by Gasteiger charge is 2.41. The van der Waals surface area contributed by atoms with E-state index < -0.39 is 24.1 Å². The SMILES string of the molecule is O=C(O)C(NC(=O)C(F)(F)F)c1cccc(I)c1. The van der Waals surface area contributed by atoms with Gasteiger partial charge >= 0.3 is 18.1 Å². The van der Waals surface area contributed by atoms with Crippen LogP contribution in [0.25, 0.3) is 0 Å². The average molecular weight is 373 g/mol. The molecule has 0 saturated heterocycles. The number of alkyl halides is 3. The first-order valence-corrected chi connectivity index (χ1v) is 5.65. The van der Waals surface area contributed by atoms with Crippen LogP contribution in [0.15, 0.2) is 24.3 Å². The van der Waals surface area contributed by atoms with Crippen molar-refractivity contribution in [2.45, 2.75) is 12.2 Å². The zero-order valence-corrected chi connectivity index (χ0v) is 10.8. The molecule has 0 aromatic heterocycles. The largest absolute Gasteiger partial charge is 0.479 e. The molecule has 4 nitrogen and oxygen atoms in total. The molecule has 0 spiro atoms. The number of carbonyl (C=O) groups is 2. The number of rotatable bonds is 3. The lowest BCUT2D eigenvalue weighted by Crippen LogP contribution is -2.41. The average Bonchev–Trinajstić information content (AvgIpc) is 2.23. The number of carboxylic acid groups (broad SMARTS) is 1. The Balaban J connectivity index is 2.98. The predicted octanol–water partition coefficient (Wildman–Crippen LogP) is 2.10. The standard InChI is InChI=1S/C10H7F3INO3/c11-10(12,13)9(18)15-7(8(16)17)5-2-1-3-6(14)4-5/h1-4,7H,(H,15,18)(H,16,17). The smallest absolute Gasteiger partial charge is 0.471 e. The molecular formula is C10H7F3INO3. The minimum absolute atomic E-state index is 0.0759. The first-order valence-electron chi connectivity index (χ1n) is 4.58. The summed E-state index contributed by atoms with van der Waals surface area (Å²) in [5, 5.41) is 10.3. The number of hydrogen-bond acceptors (Lipinski definition) is 2. The number of carboxylic acids is 1. The number of amides is 1. The van der Waals surface area contributed by atoms with Gasteiger partial charge in [-0.1, -0.05) is 12.1 Å². The second-order valence-corrected chi connectivity index (χ2v) is 4.54. The molecule has 0 radical (unpaired) electrons. The van der Waals surface area contributed by atoms with E-state index in [9.17, 15) is 22.8 Å². The van der Waals surface area contributed by atoms with E-state index >= 15 is 0 Å². The van der Waals surface area contributed by atoms with E-state index in [1.54, 1.807) is 6.07 Å². The van der Waals surface area contributed by atoms with Crippen LogP contribution in [0.2, 0.25) is 0 Å². The normalized spacial score (nSPS) is 12.9. The molecule has 1 amide bonds. The lowest BCUT2D eigenvalue weighted by molar-refractivity contribution is -0.175. The first kappa shape index (κ1) is 14.7. The summed E-state index contributed by atoms with van der Waals surface area (Å²) in [6.45, 7) is 0. The third-order valence-corrected chi connectivity index (χ3v) is 2.63. The highest BCUT2D eigenvalue weighted by atomic mass is 127. The molecule has 18 heavy (non-hydrogen) atoms. The highest BCUT2D eigenvalue weighted by molar-refractivity contribution is 14.1. The van der Waals surface area contributed by atoms with E-state index in [1.807, 2.05) is 22.6 Å². The molecule has 0 heterocycles. The fraction of sp³-hybridized carbons (Fsp3) is 0.200. The maximum atomic E-state index is 12.1. The Kier molecular flexibility index (Phi) is 4.54. The van der Waals surface area contributed by atoms with Crippen molar-refractivity contribution in [2.24, 2.45) is 0 Å². The summed E-state index contributed by atoms with van der Waals surface area (Å²) in [5.41, 5.74) is 0.0759. The van der Waals surface area contributed by atoms with Crippen molar-refractivity contribution >= 4 is 34.5 Å². The minimum atomic E-state index is -5.12. The summed E-state index contributed by atoms with van der Waals surface area (Å²) in [4.78, 5) is 21.6. The maximum Gasteiger partial charge on any atom is 0.471 e. The van der Waals surface area contributed by atoms with Gasteiger partial charge in [0.25, 0.3) is 0 Å². The van der Waals surface area contributed by atoms with Crippen LogP contribution in [0.4, 0.5) is 13.2 Å². The molecule has 2 N–H and O–H groups in total. The Bertz CT molecular complexity index is 476. The molecule has 0 fully saturated rings. The van der Waals surface area contributed by atoms with Crippen LogP contribution in [0.1, 0.15) is 11.6 Å². The second kappa shape index (κ2) is 5.55. The van der Waals surface area contributed by atoms with Gasteiger partial charge in [0, 0.05) is 3.57 Å². The van der Waals surface area contributed by atoms with Crippen molar-refractivity contribution < 1.29 is 27.9 Å². The van der Waals surface area contributed by atoms with Gasteiger partial charge in [-0.2, -0.15) is 13.2 Å². The fourth-order valence-electron chi connectivity index (χ4n) is 1.19. The summed E-state index contributed by atoms with van der Waals surface area (Å²) in [6, 6.07) is 4.13. The first-order chi connectivity index (χ1) is 8.21. The predicted molar refractivity (Wildman–Crippen MR) is 63.7 cm³/mol. The molecule has 0 saturated carbocycles. The number of hydrogen-bond donors (Lipinski definition) is 2. The molecule has 0 bridgehead atoms. The molecule has 1 aromatic rings. The Labute approximate surface area is 113 Å². The zero-order valence-electron chi connectivity index (χ0n) is 8.66. The quantitative estimate of drug-likeness (QED) is 0.798. The van der Waals surface area contributed by atoms with Crippen LogP contribution >= 0.6 is 22.6 Å². The number of nitrogens with one attached hydrogen (secondary N) is 1. The summed E-state index contributed by atoms with van der Waals surface area (Å²) in [7, 11) is 0. The van der Waals surface area contributed by atoms with Crippen LogP contribution in [-0.4, -0.2) is 23.2 Å². The van der Waals surface area contributed by atoms with Crippen LogP contribution in [0, 0.1) is 3.57 Å². The Morgan fingerprint density at radius 1 is 1.33 bits per heavy atom. The summed E-state index contributed by atoms with van der Waals surface area (Å²) >= 11 is 1.88. The molecule has 1 aromatic carbocycles. The molecular weight excluding hydrogens is 366 g/mol. The van der Waals surface area contributed by atoms with Gasteiger partial charge in [-0.05, 0) is 40.3 Å². The van der Waals surface area contributed by atoms with Crippen LogP contribution in [0.5, 0.6) is 0 Å². The molecule has 1 unspecified atom stereocenters. The van der Waals surface area contributed by atoms with Crippen molar-refractivity contribution in [3.63, 3.8) is 0 Å².